The Morgan fingerprint density at radius 1 is 1.47 bits per heavy atom. The Balaban J connectivity index is 1.76. The van der Waals surface area contributed by atoms with Crippen molar-refractivity contribution in [2.75, 3.05) is 19.0 Å². The van der Waals surface area contributed by atoms with E-state index in [1.807, 2.05) is 7.05 Å². The van der Waals surface area contributed by atoms with Gasteiger partial charge in [0.15, 0.2) is 0 Å². The molecule has 0 aliphatic heterocycles. The first-order valence-corrected chi connectivity index (χ1v) is 5.51. The first kappa shape index (κ1) is 10.2. The molecule has 1 aliphatic carbocycles. The lowest BCUT2D eigenvalue weighted by Gasteiger charge is -2.24. The summed E-state index contributed by atoms with van der Waals surface area (Å²) in [6, 6.07) is 0. The van der Waals surface area contributed by atoms with E-state index < -0.39 is 0 Å². The highest BCUT2D eigenvalue weighted by atomic mass is 16.5. The summed E-state index contributed by atoms with van der Waals surface area (Å²) in [5.74, 6) is 2.24. The maximum atomic E-state index is 5.54. The van der Waals surface area contributed by atoms with Gasteiger partial charge in [0.05, 0.1) is 19.0 Å². The van der Waals surface area contributed by atoms with E-state index in [2.05, 4.69) is 15.3 Å². The average molecular weight is 207 g/mol. The van der Waals surface area contributed by atoms with Gasteiger partial charge < -0.3 is 10.1 Å². The standard InChI is InChI=1S/C11H17N3O/c1-12-10-7-13-8-11(14-10)15-6-5-9-3-2-4-9/h7-9H,2-6H2,1H3,(H,12,14). The molecular formula is C11H17N3O. The van der Waals surface area contributed by atoms with Crippen molar-refractivity contribution in [3.63, 3.8) is 0 Å². The zero-order chi connectivity index (χ0) is 10.5. The Hall–Kier alpha value is -1.32. The maximum absolute atomic E-state index is 5.54. The van der Waals surface area contributed by atoms with E-state index in [0.717, 1.165) is 24.8 Å². The number of nitrogens with one attached hydrogen (secondary N) is 1. The summed E-state index contributed by atoms with van der Waals surface area (Å²) >= 11 is 0. The summed E-state index contributed by atoms with van der Waals surface area (Å²) in [5.41, 5.74) is 0. The fraction of sp³-hybridized carbons (Fsp3) is 0.636. The molecule has 4 heteroatoms. The molecule has 0 aromatic carbocycles. The second kappa shape index (κ2) is 4.96. The third-order valence-corrected chi connectivity index (χ3v) is 2.87. The number of hydrogen-bond acceptors (Lipinski definition) is 4. The SMILES string of the molecule is CNc1cncc(OCCC2CCC2)n1. The molecule has 0 amide bonds. The van der Waals surface area contributed by atoms with E-state index in [4.69, 9.17) is 4.74 Å². The van der Waals surface area contributed by atoms with Crippen molar-refractivity contribution in [3.05, 3.63) is 12.4 Å². The number of anilines is 1. The minimum absolute atomic E-state index is 0.612. The van der Waals surface area contributed by atoms with Crippen LogP contribution in [0.2, 0.25) is 0 Å². The van der Waals surface area contributed by atoms with Gasteiger partial charge in [0, 0.05) is 7.05 Å². The van der Waals surface area contributed by atoms with Crippen LogP contribution in [0.3, 0.4) is 0 Å². The van der Waals surface area contributed by atoms with Gasteiger partial charge in [-0.15, -0.1) is 0 Å². The van der Waals surface area contributed by atoms with E-state index in [9.17, 15) is 0 Å². The van der Waals surface area contributed by atoms with Crippen LogP contribution in [0.15, 0.2) is 12.4 Å². The molecule has 0 atom stereocenters. The normalized spacial score (nSPS) is 15.8. The fourth-order valence-electron chi connectivity index (χ4n) is 1.65. The largest absolute Gasteiger partial charge is 0.477 e. The van der Waals surface area contributed by atoms with E-state index in [1.54, 1.807) is 12.4 Å². The summed E-state index contributed by atoms with van der Waals surface area (Å²) in [7, 11) is 1.82. The van der Waals surface area contributed by atoms with E-state index in [1.165, 1.54) is 19.3 Å². The van der Waals surface area contributed by atoms with E-state index in [0.29, 0.717) is 5.88 Å². The summed E-state index contributed by atoms with van der Waals surface area (Å²) in [5, 5.41) is 2.94. The topological polar surface area (TPSA) is 47.0 Å². The minimum Gasteiger partial charge on any atom is -0.477 e. The van der Waals surface area contributed by atoms with Crippen molar-refractivity contribution in [1.82, 2.24) is 9.97 Å². The molecule has 1 fully saturated rings. The van der Waals surface area contributed by atoms with Gasteiger partial charge in [0.2, 0.25) is 5.88 Å². The predicted octanol–water partition coefficient (Wildman–Crippen LogP) is 2.09. The van der Waals surface area contributed by atoms with Crippen molar-refractivity contribution >= 4 is 5.82 Å². The van der Waals surface area contributed by atoms with Crippen LogP contribution in [0.4, 0.5) is 5.82 Å². The van der Waals surface area contributed by atoms with Crippen molar-refractivity contribution in [1.29, 1.82) is 0 Å². The van der Waals surface area contributed by atoms with Crippen LogP contribution < -0.4 is 10.1 Å². The van der Waals surface area contributed by atoms with Crippen molar-refractivity contribution in [2.24, 2.45) is 5.92 Å². The molecule has 1 aromatic rings. The molecule has 0 spiro atoms. The zero-order valence-electron chi connectivity index (χ0n) is 9.07. The van der Waals surface area contributed by atoms with E-state index in [-0.39, 0.29) is 0 Å². The molecule has 1 heterocycles. The molecule has 0 bridgehead atoms. The van der Waals surface area contributed by atoms with Gasteiger partial charge in [-0.1, -0.05) is 19.3 Å². The Bertz CT molecular complexity index is 312. The highest BCUT2D eigenvalue weighted by Crippen LogP contribution is 2.29. The molecule has 82 valence electrons. The Kier molecular flexibility index (Phi) is 3.37. The predicted molar refractivity (Wildman–Crippen MR) is 59.0 cm³/mol. The molecule has 1 saturated carbocycles. The number of aromatic nitrogens is 2. The third-order valence-electron chi connectivity index (χ3n) is 2.87. The molecule has 1 aromatic heterocycles. The lowest BCUT2D eigenvalue weighted by atomic mass is 9.83. The minimum atomic E-state index is 0.612. The highest BCUT2D eigenvalue weighted by Gasteiger charge is 2.16. The quantitative estimate of drug-likeness (QED) is 0.803. The zero-order valence-corrected chi connectivity index (χ0v) is 9.07. The second-order valence-electron chi connectivity index (χ2n) is 3.93. The fourth-order valence-corrected chi connectivity index (χ4v) is 1.65. The van der Waals surface area contributed by atoms with Crippen LogP contribution in [0.5, 0.6) is 5.88 Å². The van der Waals surface area contributed by atoms with Crippen LogP contribution in [0.1, 0.15) is 25.7 Å². The van der Waals surface area contributed by atoms with E-state index >= 15 is 0 Å². The molecule has 15 heavy (non-hydrogen) atoms. The number of ether oxygens (including phenoxy) is 1. The van der Waals surface area contributed by atoms with Crippen LogP contribution in [-0.4, -0.2) is 23.6 Å². The molecule has 0 radical (unpaired) electrons. The van der Waals surface area contributed by atoms with Crippen molar-refractivity contribution in [2.45, 2.75) is 25.7 Å². The van der Waals surface area contributed by atoms with Crippen molar-refractivity contribution in [3.8, 4) is 5.88 Å². The Morgan fingerprint density at radius 3 is 3.00 bits per heavy atom. The van der Waals surface area contributed by atoms with Crippen LogP contribution in [0.25, 0.3) is 0 Å². The molecular weight excluding hydrogens is 190 g/mol. The number of hydrogen-bond donors (Lipinski definition) is 1. The van der Waals surface area contributed by atoms with Gasteiger partial charge in [-0.2, -0.15) is 4.98 Å². The molecule has 2 rings (SSSR count). The molecule has 4 nitrogen and oxygen atoms in total. The average Bonchev–Trinajstić information content (AvgIpc) is 2.22. The second-order valence-corrected chi connectivity index (χ2v) is 3.93. The van der Waals surface area contributed by atoms with Gasteiger partial charge in [0.25, 0.3) is 0 Å². The summed E-state index contributed by atoms with van der Waals surface area (Å²) < 4.78 is 5.54. The lowest BCUT2D eigenvalue weighted by Crippen LogP contribution is -2.14. The molecule has 1 aliphatic rings. The van der Waals surface area contributed by atoms with Gasteiger partial charge in [-0.05, 0) is 12.3 Å². The Labute approximate surface area is 90.1 Å². The van der Waals surface area contributed by atoms with Crippen LogP contribution in [-0.2, 0) is 0 Å². The first-order valence-electron chi connectivity index (χ1n) is 5.51. The smallest absolute Gasteiger partial charge is 0.234 e. The third kappa shape index (κ3) is 2.81. The van der Waals surface area contributed by atoms with Gasteiger partial charge >= 0.3 is 0 Å². The highest BCUT2D eigenvalue weighted by molar-refractivity contribution is 5.31. The lowest BCUT2D eigenvalue weighted by molar-refractivity contribution is 0.217. The summed E-state index contributed by atoms with van der Waals surface area (Å²) in [6.07, 6.45) is 8.60. The van der Waals surface area contributed by atoms with Crippen LogP contribution in [0, 0.1) is 5.92 Å². The van der Waals surface area contributed by atoms with Gasteiger partial charge in [0.1, 0.15) is 5.82 Å². The maximum Gasteiger partial charge on any atom is 0.234 e. The summed E-state index contributed by atoms with van der Waals surface area (Å²) in [6.45, 7) is 0.756. The first-order chi connectivity index (χ1) is 7.38. The Morgan fingerprint density at radius 2 is 2.33 bits per heavy atom. The van der Waals surface area contributed by atoms with Crippen molar-refractivity contribution < 1.29 is 4.74 Å². The van der Waals surface area contributed by atoms with Gasteiger partial charge in [-0.3, -0.25) is 4.98 Å². The monoisotopic (exact) mass is 207 g/mol. The number of rotatable bonds is 5. The molecule has 0 saturated heterocycles. The molecule has 0 unspecified atom stereocenters. The molecule has 1 N–H and O–H groups in total. The number of nitrogens with zero attached hydrogens (tertiary/aromatic N) is 2. The van der Waals surface area contributed by atoms with Gasteiger partial charge in [-0.25, -0.2) is 0 Å². The summed E-state index contributed by atoms with van der Waals surface area (Å²) in [4.78, 5) is 8.27. The van der Waals surface area contributed by atoms with Crippen LogP contribution >= 0.6 is 0 Å².